The molecule has 0 radical (unpaired) electrons. The molecule has 0 aromatic heterocycles. The number of halogens is 1. The van der Waals surface area contributed by atoms with Crippen molar-refractivity contribution in [2.75, 3.05) is 69.8 Å². The molecule has 0 bridgehead atoms. The lowest BCUT2D eigenvalue weighted by Crippen LogP contribution is -2.51. The van der Waals surface area contributed by atoms with Gasteiger partial charge < -0.3 is 24.2 Å². The van der Waals surface area contributed by atoms with E-state index in [2.05, 4.69) is 4.90 Å². The summed E-state index contributed by atoms with van der Waals surface area (Å²) in [6.45, 7) is 3.71. The summed E-state index contributed by atoms with van der Waals surface area (Å²) < 4.78 is 10.7. The maximum Gasteiger partial charge on any atom is 0.325 e. The Morgan fingerprint density at radius 2 is 1.75 bits per heavy atom. The fraction of sp³-hybridized carbons (Fsp3) is 0.391. The smallest absolute Gasteiger partial charge is 0.325 e. The fourth-order valence-electron chi connectivity index (χ4n) is 4.11. The summed E-state index contributed by atoms with van der Waals surface area (Å²) in [7, 11) is 3.14. The van der Waals surface area contributed by atoms with E-state index in [1.165, 1.54) is 0 Å². The number of benzene rings is 2. The minimum Gasteiger partial charge on any atom is -0.497 e. The zero-order chi connectivity index (χ0) is 22.7. The third-order valence-electron chi connectivity index (χ3n) is 5.90. The van der Waals surface area contributed by atoms with E-state index in [1.54, 1.807) is 42.2 Å². The maximum absolute atomic E-state index is 13.0. The van der Waals surface area contributed by atoms with Gasteiger partial charge in [0.15, 0.2) is 0 Å². The van der Waals surface area contributed by atoms with Crippen molar-refractivity contribution in [1.29, 1.82) is 0 Å². The molecule has 0 N–H and O–H groups in total. The molecule has 9 heteroatoms. The van der Waals surface area contributed by atoms with Crippen LogP contribution in [0.3, 0.4) is 0 Å². The van der Waals surface area contributed by atoms with Crippen molar-refractivity contribution in [3.05, 3.63) is 47.5 Å². The van der Waals surface area contributed by atoms with Crippen LogP contribution in [-0.2, 0) is 4.79 Å². The molecule has 0 saturated carbocycles. The van der Waals surface area contributed by atoms with E-state index in [-0.39, 0.29) is 18.5 Å². The standard InChI is InChI=1S/C23H27ClN4O4/c1-31-19-6-7-21(32-2)20(15-19)28-13-12-27(23(28)30)16-22(29)26-10-8-25(9-11-26)18-5-3-4-17(24)14-18/h3-7,14-15H,8-13,16H2,1-2H3. The molecule has 4 rings (SSSR count). The summed E-state index contributed by atoms with van der Waals surface area (Å²) in [5.74, 6) is 1.19. The number of hydrogen-bond acceptors (Lipinski definition) is 5. The number of hydrogen-bond donors (Lipinski definition) is 0. The van der Waals surface area contributed by atoms with Crippen LogP contribution in [0, 0.1) is 0 Å². The van der Waals surface area contributed by atoms with Crippen molar-refractivity contribution in [1.82, 2.24) is 9.80 Å². The third kappa shape index (κ3) is 4.55. The fourth-order valence-corrected chi connectivity index (χ4v) is 4.30. The molecule has 3 amide bonds. The van der Waals surface area contributed by atoms with Crippen molar-refractivity contribution in [3.8, 4) is 11.5 Å². The van der Waals surface area contributed by atoms with Crippen molar-refractivity contribution >= 4 is 34.9 Å². The summed E-state index contributed by atoms with van der Waals surface area (Å²) in [6.07, 6.45) is 0. The molecule has 32 heavy (non-hydrogen) atoms. The van der Waals surface area contributed by atoms with Crippen LogP contribution in [0.15, 0.2) is 42.5 Å². The molecule has 170 valence electrons. The highest BCUT2D eigenvalue weighted by atomic mass is 35.5. The first-order valence-corrected chi connectivity index (χ1v) is 10.9. The van der Waals surface area contributed by atoms with E-state index in [9.17, 15) is 9.59 Å². The number of methoxy groups -OCH3 is 2. The lowest BCUT2D eigenvalue weighted by molar-refractivity contribution is -0.131. The lowest BCUT2D eigenvalue weighted by Gasteiger charge is -2.36. The Morgan fingerprint density at radius 3 is 2.44 bits per heavy atom. The van der Waals surface area contributed by atoms with Gasteiger partial charge in [0.1, 0.15) is 18.0 Å². The molecule has 2 heterocycles. The summed E-state index contributed by atoms with van der Waals surface area (Å²) in [4.78, 5) is 33.2. The molecule has 0 unspecified atom stereocenters. The highest BCUT2D eigenvalue weighted by molar-refractivity contribution is 6.30. The number of nitrogens with zero attached hydrogens (tertiary/aromatic N) is 4. The van der Waals surface area contributed by atoms with Crippen molar-refractivity contribution < 1.29 is 19.1 Å². The molecular formula is C23H27ClN4O4. The topological polar surface area (TPSA) is 65.6 Å². The van der Waals surface area contributed by atoms with Gasteiger partial charge in [-0.25, -0.2) is 4.79 Å². The quantitative estimate of drug-likeness (QED) is 0.666. The second kappa shape index (κ2) is 9.56. The van der Waals surface area contributed by atoms with Crippen LogP contribution in [0.25, 0.3) is 0 Å². The second-order valence-electron chi connectivity index (χ2n) is 7.74. The Balaban J connectivity index is 1.35. The van der Waals surface area contributed by atoms with Gasteiger partial charge in [-0.2, -0.15) is 0 Å². The molecular weight excluding hydrogens is 432 g/mol. The van der Waals surface area contributed by atoms with Crippen LogP contribution >= 0.6 is 11.6 Å². The van der Waals surface area contributed by atoms with Crippen molar-refractivity contribution in [3.63, 3.8) is 0 Å². The Kier molecular flexibility index (Phi) is 6.60. The van der Waals surface area contributed by atoms with E-state index in [1.807, 2.05) is 29.2 Å². The second-order valence-corrected chi connectivity index (χ2v) is 8.18. The average Bonchev–Trinajstić information content (AvgIpc) is 3.18. The minimum atomic E-state index is -0.206. The van der Waals surface area contributed by atoms with Gasteiger partial charge in [0.2, 0.25) is 5.91 Å². The number of piperazine rings is 1. The van der Waals surface area contributed by atoms with Crippen LogP contribution in [0.4, 0.5) is 16.2 Å². The number of rotatable bonds is 6. The van der Waals surface area contributed by atoms with Gasteiger partial charge in [0.25, 0.3) is 0 Å². The lowest BCUT2D eigenvalue weighted by atomic mass is 10.2. The van der Waals surface area contributed by atoms with Gasteiger partial charge >= 0.3 is 6.03 Å². The first-order valence-electron chi connectivity index (χ1n) is 10.6. The zero-order valence-electron chi connectivity index (χ0n) is 18.3. The molecule has 0 aliphatic carbocycles. The molecule has 0 atom stereocenters. The Bertz CT molecular complexity index is 994. The molecule has 2 fully saturated rings. The van der Waals surface area contributed by atoms with Gasteiger partial charge in [-0.3, -0.25) is 9.69 Å². The number of urea groups is 1. The molecule has 2 aromatic rings. The van der Waals surface area contributed by atoms with Crippen molar-refractivity contribution in [2.24, 2.45) is 0 Å². The Labute approximate surface area is 192 Å². The SMILES string of the molecule is COc1ccc(OC)c(N2CCN(CC(=O)N3CCN(c4cccc(Cl)c4)CC3)C2=O)c1. The first-order chi connectivity index (χ1) is 15.5. The van der Waals surface area contributed by atoms with Crippen LogP contribution < -0.4 is 19.3 Å². The van der Waals surface area contributed by atoms with Crippen LogP contribution in [0.1, 0.15) is 0 Å². The predicted molar refractivity (Wildman–Crippen MR) is 124 cm³/mol. The van der Waals surface area contributed by atoms with E-state index in [0.717, 1.165) is 18.8 Å². The summed E-state index contributed by atoms with van der Waals surface area (Å²) in [5.41, 5.74) is 1.70. The number of carbonyl (C=O) groups excluding carboxylic acids is 2. The van der Waals surface area contributed by atoms with Gasteiger partial charge in [-0.15, -0.1) is 0 Å². The molecule has 2 aromatic carbocycles. The number of ether oxygens (including phenoxy) is 2. The van der Waals surface area contributed by atoms with E-state index >= 15 is 0 Å². The van der Waals surface area contributed by atoms with Gasteiger partial charge in [0.05, 0.1) is 19.9 Å². The number of amides is 3. The van der Waals surface area contributed by atoms with E-state index in [4.69, 9.17) is 21.1 Å². The highest BCUT2D eigenvalue weighted by Gasteiger charge is 2.34. The summed E-state index contributed by atoms with van der Waals surface area (Å²) >= 11 is 6.10. The molecule has 8 nitrogen and oxygen atoms in total. The largest absolute Gasteiger partial charge is 0.497 e. The predicted octanol–water partition coefficient (Wildman–Crippen LogP) is 2.95. The normalized spacial score (nSPS) is 16.5. The van der Waals surface area contributed by atoms with Gasteiger partial charge in [-0.1, -0.05) is 17.7 Å². The van der Waals surface area contributed by atoms with Gasteiger partial charge in [0, 0.05) is 56.0 Å². The molecule has 2 aliphatic rings. The first kappa shape index (κ1) is 22.1. The number of anilines is 2. The Hall–Kier alpha value is -3.13. The van der Waals surface area contributed by atoms with Crippen LogP contribution in [0.2, 0.25) is 5.02 Å². The zero-order valence-corrected chi connectivity index (χ0v) is 19.0. The monoisotopic (exact) mass is 458 g/mol. The summed E-state index contributed by atoms with van der Waals surface area (Å²) in [5, 5.41) is 0.700. The maximum atomic E-state index is 13.0. The summed E-state index contributed by atoms with van der Waals surface area (Å²) in [6, 6.07) is 12.9. The number of carbonyl (C=O) groups is 2. The average molecular weight is 459 g/mol. The van der Waals surface area contributed by atoms with Crippen LogP contribution in [0.5, 0.6) is 11.5 Å². The highest BCUT2D eigenvalue weighted by Crippen LogP contribution is 2.34. The molecule has 2 saturated heterocycles. The molecule has 0 spiro atoms. The Morgan fingerprint density at radius 1 is 0.969 bits per heavy atom. The molecule has 2 aliphatic heterocycles. The van der Waals surface area contributed by atoms with Crippen LogP contribution in [-0.4, -0.2) is 81.8 Å². The minimum absolute atomic E-state index is 0.0384. The van der Waals surface area contributed by atoms with E-state index < -0.39 is 0 Å². The van der Waals surface area contributed by atoms with Crippen molar-refractivity contribution in [2.45, 2.75) is 0 Å². The van der Waals surface area contributed by atoms with Gasteiger partial charge in [-0.05, 0) is 30.3 Å². The third-order valence-corrected chi connectivity index (χ3v) is 6.14. The van der Waals surface area contributed by atoms with E-state index in [0.29, 0.717) is 48.4 Å².